The number of hydrogen-bond donors (Lipinski definition) is 0. The van der Waals surface area contributed by atoms with Gasteiger partial charge in [-0.15, -0.1) is 11.8 Å². The number of fused-ring (bicyclic) bond motifs is 1. The number of nitrogens with zero attached hydrogens (tertiary/aromatic N) is 4. The molecule has 0 saturated carbocycles. The van der Waals surface area contributed by atoms with Gasteiger partial charge in [-0.3, -0.25) is 13.9 Å². The Bertz CT molecular complexity index is 1120. The van der Waals surface area contributed by atoms with Crippen LogP contribution in [-0.2, 0) is 19.3 Å². The summed E-state index contributed by atoms with van der Waals surface area (Å²) in [4.78, 5) is 34.2. The zero-order valence-electron chi connectivity index (χ0n) is 15.7. The van der Waals surface area contributed by atoms with E-state index < -0.39 is 5.56 Å². The quantitative estimate of drug-likeness (QED) is 0.497. The molecule has 0 saturated heterocycles. The molecule has 8 heteroatoms. The van der Waals surface area contributed by atoms with Crippen molar-refractivity contribution in [1.29, 1.82) is 0 Å². The van der Waals surface area contributed by atoms with Crippen LogP contribution in [0.15, 0.2) is 38.9 Å². The van der Waals surface area contributed by atoms with Crippen LogP contribution in [-0.4, -0.2) is 19.1 Å². The molecule has 6 nitrogen and oxygen atoms in total. The van der Waals surface area contributed by atoms with E-state index >= 15 is 0 Å². The second-order valence-corrected chi connectivity index (χ2v) is 7.81. The molecule has 0 N–H and O–H groups in total. The van der Waals surface area contributed by atoms with Gasteiger partial charge in [-0.05, 0) is 30.5 Å². The van der Waals surface area contributed by atoms with Crippen molar-refractivity contribution in [3.8, 4) is 0 Å². The predicted octanol–water partition coefficient (Wildman–Crippen LogP) is 2.89. The lowest BCUT2D eigenvalue weighted by Gasteiger charge is -2.15. The number of hydrogen-bond acceptors (Lipinski definition) is 5. The first-order chi connectivity index (χ1) is 12.8. The molecule has 0 amide bonds. The van der Waals surface area contributed by atoms with Gasteiger partial charge in [0.1, 0.15) is 22.1 Å². The van der Waals surface area contributed by atoms with Crippen molar-refractivity contribution >= 4 is 22.8 Å². The van der Waals surface area contributed by atoms with E-state index in [2.05, 4.69) is 9.97 Å². The van der Waals surface area contributed by atoms with Gasteiger partial charge in [-0.25, -0.2) is 19.2 Å². The van der Waals surface area contributed by atoms with Gasteiger partial charge >= 0.3 is 5.69 Å². The normalized spacial score (nSPS) is 11.5. The fourth-order valence-electron chi connectivity index (χ4n) is 2.85. The summed E-state index contributed by atoms with van der Waals surface area (Å²) in [5, 5.41) is 0.824. The first-order valence-electron chi connectivity index (χ1n) is 8.63. The second kappa shape index (κ2) is 7.64. The van der Waals surface area contributed by atoms with Crippen LogP contribution in [0.2, 0.25) is 0 Å². The number of aromatic nitrogens is 4. The van der Waals surface area contributed by atoms with E-state index in [9.17, 15) is 14.0 Å². The molecule has 0 aliphatic rings. The van der Waals surface area contributed by atoms with Crippen molar-refractivity contribution in [1.82, 2.24) is 19.1 Å². The van der Waals surface area contributed by atoms with E-state index in [1.54, 1.807) is 13.0 Å². The monoisotopic (exact) mass is 388 g/mol. The Labute approximate surface area is 160 Å². The number of benzene rings is 1. The summed E-state index contributed by atoms with van der Waals surface area (Å²) in [6, 6.07) is 6.31. The van der Waals surface area contributed by atoms with E-state index in [0.29, 0.717) is 34.2 Å². The summed E-state index contributed by atoms with van der Waals surface area (Å²) in [6.45, 7) is 6.18. The first-order valence-corrected chi connectivity index (χ1v) is 9.62. The molecule has 0 spiro atoms. The van der Waals surface area contributed by atoms with Crippen LogP contribution < -0.4 is 11.2 Å². The molecule has 142 valence electrons. The van der Waals surface area contributed by atoms with Gasteiger partial charge in [0.05, 0.1) is 0 Å². The molecule has 2 heterocycles. The van der Waals surface area contributed by atoms with Gasteiger partial charge in [-0.1, -0.05) is 26.0 Å². The highest BCUT2D eigenvalue weighted by Crippen LogP contribution is 2.26. The average molecular weight is 388 g/mol. The molecular formula is C19H21FN4O2S. The second-order valence-electron chi connectivity index (χ2n) is 6.84. The van der Waals surface area contributed by atoms with Crippen LogP contribution >= 0.6 is 11.8 Å². The molecule has 0 unspecified atom stereocenters. The summed E-state index contributed by atoms with van der Waals surface area (Å²) in [6.07, 6.45) is 0. The summed E-state index contributed by atoms with van der Waals surface area (Å²) >= 11 is 1.34. The Morgan fingerprint density at radius 1 is 1.22 bits per heavy atom. The largest absolute Gasteiger partial charge is 0.332 e. The van der Waals surface area contributed by atoms with Crippen molar-refractivity contribution < 1.29 is 4.39 Å². The van der Waals surface area contributed by atoms with Crippen molar-refractivity contribution in [2.75, 3.05) is 0 Å². The minimum absolute atomic E-state index is 0.210. The molecular weight excluding hydrogens is 367 g/mol. The van der Waals surface area contributed by atoms with E-state index in [-0.39, 0.29) is 17.4 Å². The maximum Gasteiger partial charge on any atom is 0.332 e. The van der Waals surface area contributed by atoms with E-state index in [0.717, 1.165) is 10.1 Å². The van der Waals surface area contributed by atoms with Gasteiger partial charge in [-0.2, -0.15) is 0 Å². The maximum atomic E-state index is 13.4. The van der Waals surface area contributed by atoms with Gasteiger partial charge in [0.15, 0.2) is 5.65 Å². The molecule has 0 fully saturated rings. The molecule has 3 aromatic rings. The lowest BCUT2D eigenvalue weighted by atomic mass is 10.2. The lowest BCUT2D eigenvalue weighted by molar-refractivity contribution is 0.498. The van der Waals surface area contributed by atoms with Crippen LogP contribution in [0.5, 0.6) is 0 Å². The molecule has 0 atom stereocenters. The predicted molar refractivity (Wildman–Crippen MR) is 105 cm³/mol. The fraction of sp³-hybridized carbons (Fsp3) is 0.368. The zero-order valence-corrected chi connectivity index (χ0v) is 16.5. The fourth-order valence-corrected chi connectivity index (χ4v) is 3.86. The SMILES string of the molecule is Cc1nc(SCc2cccc(F)c2)c2c(=O)n(C)c(=O)n(CC(C)C)c2n1. The maximum absolute atomic E-state index is 13.4. The Morgan fingerprint density at radius 2 is 1.96 bits per heavy atom. The molecule has 2 aromatic heterocycles. The number of rotatable bonds is 5. The summed E-state index contributed by atoms with van der Waals surface area (Å²) < 4.78 is 16.0. The van der Waals surface area contributed by atoms with Gasteiger partial charge < -0.3 is 0 Å². The number of halogens is 1. The van der Waals surface area contributed by atoms with Gasteiger partial charge in [0.2, 0.25) is 0 Å². The zero-order chi connectivity index (χ0) is 19.7. The lowest BCUT2D eigenvalue weighted by Crippen LogP contribution is -2.39. The third kappa shape index (κ3) is 3.95. The summed E-state index contributed by atoms with van der Waals surface area (Å²) in [5.74, 6) is 0.838. The third-order valence-electron chi connectivity index (χ3n) is 4.07. The number of aryl methyl sites for hydroxylation is 1. The average Bonchev–Trinajstić information content (AvgIpc) is 2.61. The molecule has 0 aliphatic carbocycles. The van der Waals surface area contributed by atoms with Crippen LogP contribution in [0.1, 0.15) is 25.2 Å². The highest BCUT2D eigenvalue weighted by atomic mass is 32.2. The van der Waals surface area contributed by atoms with E-state index in [4.69, 9.17) is 0 Å². The Hall–Kier alpha value is -2.48. The van der Waals surface area contributed by atoms with Crippen molar-refractivity contribution in [2.45, 2.75) is 38.1 Å². The van der Waals surface area contributed by atoms with Crippen LogP contribution in [0.4, 0.5) is 4.39 Å². The van der Waals surface area contributed by atoms with Crippen molar-refractivity contribution in [3.63, 3.8) is 0 Å². The van der Waals surface area contributed by atoms with Gasteiger partial charge in [0.25, 0.3) is 5.56 Å². The Morgan fingerprint density at radius 3 is 2.63 bits per heavy atom. The standard InChI is InChI=1S/C19H21FN4O2S/c1-11(2)9-24-16-15(18(25)23(4)19(24)26)17(22-12(3)21-16)27-10-13-6-5-7-14(20)8-13/h5-8,11H,9-10H2,1-4H3. The van der Waals surface area contributed by atoms with Crippen molar-refractivity contribution in [2.24, 2.45) is 13.0 Å². The molecule has 27 heavy (non-hydrogen) atoms. The van der Waals surface area contributed by atoms with Crippen LogP contribution in [0.3, 0.4) is 0 Å². The molecule has 0 radical (unpaired) electrons. The molecule has 3 rings (SSSR count). The molecule has 0 aliphatic heterocycles. The van der Waals surface area contributed by atoms with Crippen LogP contribution in [0, 0.1) is 18.7 Å². The summed E-state index contributed by atoms with van der Waals surface area (Å²) in [5.41, 5.74) is 0.333. The Balaban J connectivity index is 2.17. The smallest absolute Gasteiger partial charge is 0.277 e. The Kier molecular flexibility index (Phi) is 5.46. The van der Waals surface area contributed by atoms with Crippen molar-refractivity contribution in [3.05, 3.63) is 62.3 Å². The summed E-state index contributed by atoms with van der Waals surface area (Å²) in [7, 11) is 1.46. The van der Waals surface area contributed by atoms with Gasteiger partial charge in [0, 0.05) is 19.3 Å². The highest BCUT2D eigenvalue weighted by molar-refractivity contribution is 7.98. The first kappa shape index (κ1) is 19.3. The topological polar surface area (TPSA) is 69.8 Å². The number of thioether (sulfide) groups is 1. The van der Waals surface area contributed by atoms with Crippen LogP contribution in [0.25, 0.3) is 11.0 Å². The molecule has 1 aromatic carbocycles. The highest BCUT2D eigenvalue weighted by Gasteiger charge is 2.18. The minimum Gasteiger partial charge on any atom is -0.277 e. The van der Waals surface area contributed by atoms with E-state index in [1.807, 2.05) is 19.9 Å². The minimum atomic E-state index is -0.420. The molecule has 0 bridgehead atoms. The van der Waals surface area contributed by atoms with E-state index in [1.165, 1.54) is 35.5 Å². The third-order valence-corrected chi connectivity index (χ3v) is 5.12.